The largest absolute Gasteiger partial charge is 0.478 e. The van der Waals surface area contributed by atoms with Gasteiger partial charge in [-0.05, 0) is 5.56 Å². The van der Waals surface area contributed by atoms with E-state index in [-0.39, 0.29) is 0 Å². The summed E-state index contributed by atoms with van der Waals surface area (Å²) < 4.78 is 5.17. The number of hydrogen-bond acceptors (Lipinski definition) is 2. The normalized spacial score (nSPS) is 11.2. The fraction of sp³-hybridized carbons (Fsp3) is 0.154. The molecule has 1 N–H and O–H groups in total. The van der Waals surface area contributed by atoms with Crippen molar-refractivity contribution in [1.82, 2.24) is 0 Å². The van der Waals surface area contributed by atoms with E-state index in [1.807, 2.05) is 42.5 Å². The highest BCUT2D eigenvalue weighted by Crippen LogP contribution is 2.00. The molecule has 0 unspecified atom stereocenters. The van der Waals surface area contributed by atoms with Gasteiger partial charge in [-0.3, -0.25) is 0 Å². The number of ether oxygens (including phenoxy) is 1. The Labute approximate surface area is 94.7 Å². The zero-order valence-corrected chi connectivity index (χ0v) is 8.87. The van der Waals surface area contributed by atoms with Crippen molar-refractivity contribution >= 4 is 12.0 Å². The Morgan fingerprint density at radius 1 is 1.19 bits per heavy atom. The van der Waals surface area contributed by atoms with Crippen LogP contribution in [0.4, 0.5) is 0 Å². The van der Waals surface area contributed by atoms with Crippen LogP contribution >= 0.6 is 0 Å². The van der Waals surface area contributed by atoms with Gasteiger partial charge < -0.3 is 9.84 Å². The van der Waals surface area contributed by atoms with Crippen molar-refractivity contribution < 1.29 is 14.6 Å². The molecule has 0 radical (unpaired) electrons. The molecule has 1 aromatic carbocycles. The Hall–Kier alpha value is -1.87. The second-order valence-corrected chi connectivity index (χ2v) is 3.09. The van der Waals surface area contributed by atoms with Crippen molar-refractivity contribution in [3.8, 4) is 0 Å². The Morgan fingerprint density at radius 2 is 1.88 bits per heavy atom. The summed E-state index contributed by atoms with van der Waals surface area (Å²) >= 11 is 0. The summed E-state index contributed by atoms with van der Waals surface area (Å²) in [6, 6.07) is 9.90. The van der Waals surface area contributed by atoms with E-state index in [2.05, 4.69) is 0 Å². The third-order valence-corrected chi connectivity index (χ3v) is 1.80. The molecule has 0 aromatic heterocycles. The van der Waals surface area contributed by atoms with Crippen LogP contribution < -0.4 is 0 Å². The molecule has 1 rings (SSSR count). The summed E-state index contributed by atoms with van der Waals surface area (Å²) in [5, 5.41) is 8.31. The highest BCUT2D eigenvalue weighted by atomic mass is 16.5. The molecular weight excluding hydrogens is 204 g/mol. The minimum Gasteiger partial charge on any atom is -0.478 e. The number of aliphatic carboxylic acids is 1. The highest BCUT2D eigenvalue weighted by molar-refractivity contribution is 5.79. The molecule has 0 aliphatic rings. The number of rotatable bonds is 6. The molecule has 3 nitrogen and oxygen atoms in total. The average Bonchev–Trinajstić information content (AvgIpc) is 2.29. The van der Waals surface area contributed by atoms with Crippen LogP contribution in [0.15, 0.2) is 48.6 Å². The summed E-state index contributed by atoms with van der Waals surface area (Å²) in [5.74, 6) is -0.955. The van der Waals surface area contributed by atoms with E-state index in [1.165, 1.54) is 6.08 Å². The molecular formula is C13H14O3. The van der Waals surface area contributed by atoms with Crippen LogP contribution in [0.2, 0.25) is 0 Å². The maximum atomic E-state index is 10.1. The number of carbonyl (C=O) groups is 1. The molecule has 0 amide bonds. The Balaban J connectivity index is 2.16. The molecule has 0 aliphatic carbocycles. The zero-order valence-electron chi connectivity index (χ0n) is 8.87. The first-order valence-corrected chi connectivity index (χ1v) is 4.98. The highest BCUT2D eigenvalue weighted by Gasteiger charge is 1.85. The van der Waals surface area contributed by atoms with E-state index < -0.39 is 5.97 Å². The lowest BCUT2D eigenvalue weighted by Gasteiger charge is -1.94. The van der Waals surface area contributed by atoms with E-state index in [0.717, 1.165) is 11.6 Å². The lowest BCUT2D eigenvalue weighted by atomic mass is 10.2. The molecule has 0 aliphatic heterocycles. The van der Waals surface area contributed by atoms with Crippen LogP contribution in [-0.4, -0.2) is 24.3 Å². The van der Waals surface area contributed by atoms with Gasteiger partial charge in [0.25, 0.3) is 0 Å². The van der Waals surface area contributed by atoms with Gasteiger partial charge in [-0.15, -0.1) is 0 Å². The first-order chi connectivity index (χ1) is 7.79. The van der Waals surface area contributed by atoms with E-state index in [0.29, 0.717) is 13.2 Å². The lowest BCUT2D eigenvalue weighted by Crippen LogP contribution is -1.93. The second kappa shape index (κ2) is 7.43. The van der Waals surface area contributed by atoms with E-state index in [1.54, 1.807) is 0 Å². The molecule has 1 aromatic rings. The number of carboxylic acid groups (broad SMARTS) is 1. The molecule has 16 heavy (non-hydrogen) atoms. The molecule has 84 valence electrons. The predicted molar refractivity (Wildman–Crippen MR) is 63.1 cm³/mol. The van der Waals surface area contributed by atoms with Gasteiger partial charge in [-0.2, -0.15) is 0 Å². The van der Waals surface area contributed by atoms with Crippen LogP contribution in [-0.2, 0) is 9.53 Å². The Morgan fingerprint density at radius 3 is 2.56 bits per heavy atom. The molecule has 0 saturated carbocycles. The summed E-state index contributed by atoms with van der Waals surface area (Å²) in [7, 11) is 0. The minimum absolute atomic E-state index is 0.311. The Bertz CT molecular complexity index is 366. The van der Waals surface area contributed by atoms with Crippen LogP contribution in [0.3, 0.4) is 0 Å². The monoisotopic (exact) mass is 218 g/mol. The first-order valence-electron chi connectivity index (χ1n) is 4.98. The molecule has 0 saturated heterocycles. The number of carboxylic acids is 1. The van der Waals surface area contributed by atoms with Crippen LogP contribution in [0.25, 0.3) is 6.08 Å². The number of hydrogen-bond donors (Lipinski definition) is 1. The molecule has 0 heterocycles. The summed E-state index contributed by atoms with van der Waals surface area (Å²) in [6.07, 6.45) is 6.39. The maximum Gasteiger partial charge on any atom is 0.328 e. The van der Waals surface area contributed by atoms with Gasteiger partial charge in [0.1, 0.15) is 0 Å². The fourth-order valence-electron chi connectivity index (χ4n) is 1.10. The molecule has 0 fully saturated rings. The smallest absolute Gasteiger partial charge is 0.328 e. The van der Waals surface area contributed by atoms with Gasteiger partial charge in [0, 0.05) is 6.08 Å². The van der Waals surface area contributed by atoms with Crippen molar-refractivity contribution in [3.63, 3.8) is 0 Å². The SMILES string of the molecule is O=C(O)C=CCOCC=Cc1ccccc1. The van der Waals surface area contributed by atoms with Gasteiger partial charge in [0.2, 0.25) is 0 Å². The summed E-state index contributed by atoms with van der Waals surface area (Å²) in [5.41, 5.74) is 1.12. The van der Waals surface area contributed by atoms with Gasteiger partial charge in [0.05, 0.1) is 13.2 Å². The van der Waals surface area contributed by atoms with Crippen molar-refractivity contribution in [1.29, 1.82) is 0 Å². The van der Waals surface area contributed by atoms with E-state index >= 15 is 0 Å². The topological polar surface area (TPSA) is 46.5 Å². The van der Waals surface area contributed by atoms with E-state index in [4.69, 9.17) is 9.84 Å². The maximum absolute atomic E-state index is 10.1. The van der Waals surface area contributed by atoms with Gasteiger partial charge >= 0.3 is 5.97 Å². The van der Waals surface area contributed by atoms with Crippen LogP contribution in [0.1, 0.15) is 5.56 Å². The quantitative estimate of drug-likeness (QED) is 0.589. The molecule has 0 spiro atoms. The lowest BCUT2D eigenvalue weighted by molar-refractivity contribution is -0.131. The third kappa shape index (κ3) is 5.78. The van der Waals surface area contributed by atoms with E-state index in [9.17, 15) is 4.79 Å². The fourth-order valence-corrected chi connectivity index (χ4v) is 1.10. The van der Waals surface area contributed by atoms with Gasteiger partial charge in [-0.1, -0.05) is 48.6 Å². The zero-order chi connectivity index (χ0) is 11.6. The molecule has 0 bridgehead atoms. The average molecular weight is 218 g/mol. The van der Waals surface area contributed by atoms with Gasteiger partial charge in [-0.25, -0.2) is 4.79 Å². The first kappa shape index (κ1) is 12.2. The van der Waals surface area contributed by atoms with Crippen molar-refractivity contribution in [2.75, 3.05) is 13.2 Å². The minimum atomic E-state index is -0.955. The Kier molecular flexibility index (Phi) is 5.66. The summed E-state index contributed by atoms with van der Waals surface area (Å²) in [6.45, 7) is 0.782. The molecule has 3 heteroatoms. The van der Waals surface area contributed by atoms with Crippen molar-refractivity contribution in [2.24, 2.45) is 0 Å². The molecule has 0 atom stereocenters. The van der Waals surface area contributed by atoms with Crippen LogP contribution in [0, 0.1) is 0 Å². The second-order valence-electron chi connectivity index (χ2n) is 3.09. The van der Waals surface area contributed by atoms with Crippen molar-refractivity contribution in [3.05, 3.63) is 54.1 Å². The number of benzene rings is 1. The van der Waals surface area contributed by atoms with Crippen molar-refractivity contribution in [2.45, 2.75) is 0 Å². The van der Waals surface area contributed by atoms with Gasteiger partial charge in [0.15, 0.2) is 0 Å². The third-order valence-electron chi connectivity index (χ3n) is 1.80. The predicted octanol–water partition coefficient (Wildman–Crippen LogP) is 2.36. The summed E-state index contributed by atoms with van der Waals surface area (Å²) in [4.78, 5) is 10.1. The standard InChI is InChI=1S/C13H14O3/c14-13(15)9-5-11-16-10-4-8-12-6-2-1-3-7-12/h1-9H,10-11H2,(H,14,15). The van der Waals surface area contributed by atoms with Crippen LogP contribution in [0.5, 0.6) is 0 Å².